The van der Waals surface area contributed by atoms with Crippen LogP contribution in [-0.2, 0) is 18.8 Å². The molecule has 1 fully saturated rings. The number of aromatic nitrogens is 4. The van der Waals surface area contributed by atoms with Crippen LogP contribution in [0.1, 0.15) is 11.5 Å². The Morgan fingerprint density at radius 2 is 2.03 bits per heavy atom. The minimum absolute atomic E-state index is 0.194. The van der Waals surface area contributed by atoms with Gasteiger partial charge < -0.3 is 10.1 Å². The molecule has 2 aromatic heterocycles. The lowest BCUT2D eigenvalue weighted by molar-refractivity contribution is 0.159. The second kappa shape index (κ2) is 9.67. The summed E-state index contributed by atoms with van der Waals surface area (Å²) in [5.41, 5.74) is 2.16. The molecule has 0 bridgehead atoms. The number of carbonyl (C=O) groups excluding carboxylic acids is 1. The number of nitrogens with one attached hydrogen (secondary N) is 2. The molecule has 1 aliphatic rings. The van der Waals surface area contributed by atoms with Crippen molar-refractivity contribution in [2.75, 3.05) is 38.7 Å². The second-order valence-corrected chi connectivity index (χ2v) is 8.18. The number of rotatable bonds is 7. The van der Waals surface area contributed by atoms with Crippen LogP contribution in [0.3, 0.4) is 0 Å². The molecular weight excluding hydrogens is 432 g/mol. The van der Waals surface area contributed by atoms with Crippen LogP contribution in [0.4, 0.5) is 19.4 Å². The highest BCUT2D eigenvalue weighted by Gasteiger charge is 2.35. The summed E-state index contributed by atoms with van der Waals surface area (Å²) in [6.45, 7) is 2.37. The minimum atomic E-state index is -0.899. The highest BCUT2D eigenvalue weighted by atomic mass is 19.2. The monoisotopic (exact) mass is 459 g/mol. The van der Waals surface area contributed by atoms with E-state index < -0.39 is 17.7 Å². The summed E-state index contributed by atoms with van der Waals surface area (Å²) in [4.78, 5) is 15.0. The van der Waals surface area contributed by atoms with Gasteiger partial charge in [0.15, 0.2) is 11.6 Å². The van der Waals surface area contributed by atoms with E-state index in [1.54, 1.807) is 41.9 Å². The topological polar surface area (TPSA) is 89.2 Å². The van der Waals surface area contributed by atoms with Crippen molar-refractivity contribution >= 4 is 11.8 Å². The number of benzene rings is 1. The molecule has 0 unspecified atom stereocenters. The van der Waals surface area contributed by atoms with Crippen LogP contribution in [0.25, 0.3) is 11.3 Å². The second-order valence-electron chi connectivity index (χ2n) is 8.18. The molecule has 2 amide bonds. The molecule has 9 nitrogen and oxygen atoms in total. The van der Waals surface area contributed by atoms with Crippen molar-refractivity contribution in [2.45, 2.75) is 12.0 Å². The van der Waals surface area contributed by atoms with Gasteiger partial charge in [0, 0.05) is 64.6 Å². The fraction of sp³-hybridized carbons (Fsp3) is 0.409. The van der Waals surface area contributed by atoms with Crippen molar-refractivity contribution in [3.63, 3.8) is 0 Å². The lowest BCUT2D eigenvalue weighted by Gasteiger charge is -2.20. The molecule has 3 heterocycles. The van der Waals surface area contributed by atoms with Gasteiger partial charge in [0.05, 0.1) is 24.5 Å². The maximum Gasteiger partial charge on any atom is 0.320 e. The lowest BCUT2D eigenvalue weighted by Crippen LogP contribution is -2.42. The molecule has 1 aromatic carbocycles. The normalized spacial score (nSPS) is 18.6. The van der Waals surface area contributed by atoms with E-state index in [-0.39, 0.29) is 12.0 Å². The van der Waals surface area contributed by atoms with Crippen molar-refractivity contribution in [1.29, 1.82) is 0 Å². The maximum atomic E-state index is 13.9. The van der Waals surface area contributed by atoms with Gasteiger partial charge in [0.1, 0.15) is 5.82 Å². The predicted octanol–water partition coefficient (Wildman–Crippen LogP) is 2.33. The third kappa shape index (κ3) is 5.20. The van der Waals surface area contributed by atoms with Gasteiger partial charge in [-0.15, -0.1) is 0 Å². The summed E-state index contributed by atoms with van der Waals surface area (Å²) < 4.78 is 35.7. The lowest BCUT2D eigenvalue weighted by atomic mass is 9.94. The number of aryl methyl sites for hydroxylation is 2. The van der Waals surface area contributed by atoms with Gasteiger partial charge in [-0.3, -0.25) is 19.6 Å². The van der Waals surface area contributed by atoms with E-state index in [0.29, 0.717) is 43.3 Å². The van der Waals surface area contributed by atoms with Gasteiger partial charge in [-0.25, -0.2) is 13.6 Å². The average molecular weight is 460 g/mol. The number of anilines is 1. The van der Waals surface area contributed by atoms with Gasteiger partial charge in [-0.2, -0.15) is 10.2 Å². The highest BCUT2D eigenvalue weighted by molar-refractivity contribution is 5.89. The zero-order chi connectivity index (χ0) is 23.5. The molecule has 1 saturated heterocycles. The first kappa shape index (κ1) is 22.9. The number of likely N-dealkylation sites (tertiary alicyclic amines) is 1. The predicted molar refractivity (Wildman–Crippen MR) is 119 cm³/mol. The standard InChI is InChI=1S/C22H27F2N7O2/c1-29-11-15(10-25-29)19-9-21(30(2)28-19)27-22(32)26-20-13-31(6-7-33-3)12-16(20)14-4-5-17(23)18(24)8-14/h4-5,8-11,16,20H,6-7,12-13H2,1-3H3,(H2,26,27,32)/t16-,20+/m0/s1. The molecule has 33 heavy (non-hydrogen) atoms. The number of ether oxygens (including phenoxy) is 1. The smallest absolute Gasteiger partial charge is 0.320 e. The van der Waals surface area contributed by atoms with Crippen molar-refractivity contribution in [1.82, 2.24) is 29.8 Å². The van der Waals surface area contributed by atoms with Crippen molar-refractivity contribution in [3.8, 4) is 11.3 Å². The number of urea groups is 1. The van der Waals surface area contributed by atoms with Crippen LogP contribution in [0.2, 0.25) is 0 Å². The van der Waals surface area contributed by atoms with Crippen LogP contribution in [0.15, 0.2) is 36.7 Å². The first-order valence-corrected chi connectivity index (χ1v) is 10.6. The number of halogens is 2. The summed E-state index contributed by atoms with van der Waals surface area (Å²) >= 11 is 0. The molecule has 0 radical (unpaired) electrons. The fourth-order valence-electron chi connectivity index (χ4n) is 4.11. The van der Waals surface area contributed by atoms with Crippen LogP contribution in [0, 0.1) is 11.6 Å². The molecule has 176 valence electrons. The van der Waals surface area contributed by atoms with Crippen LogP contribution < -0.4 is 10.6 Å². The number of hydrogen-bond acceptors (Lipinski definition) is 5. The van der Waals surface area contributed by atoms with Gasteiger partial charge in [0.2, 0.25) is 0 Å². The first-order valence-electron chi connectivity index (χ1n) is 10.6. The van der Waals surface area contributed by atoms with Gasteiger partial charge in [0.25, 0.3) is 0 Å². The third-order valence-electron chi connectivity index (χ3n) is 5.82. The Balaban J connectivity index is 1.47. The molecule has 2 N–H and O–H groups in total. The van der Waals surface area contributed by atoms with E-state index in [4.69, 9.17) is 4.74 Å². The summed E-state index contributed by atoms with van der Waals surface area (Å²) in [5, 5.41) is 14.4. The molecular formula is C22H27F2N7O2. The summed E-state index contributed by atoms with van der Waals surface area (Å²) in [6, 6.07) is 4.96. The minimum Gasteiger partial charge on any atom is -0.383 e. The average Bonchev–Trinajstić information content (AvgIpc) is 3.48. The summed E-state index contributed by atoms with van der Waals surface area (Å²) in [6.07, 6.45) is 3.54. The number of hydrogen-bond donors (Lipinski definition) is 2. The number of carbonyl (C=O) groups is 1. The van der Waals surface area contributed by atoms with E-state index >= 15 is 0 Å². The molecule has 0 spiro atoms. The van der Waals surface area contributed by atoms with E-state index in [2.05, 4.69) is 25.7 Å². The Hall–Kier alpha value is -3.31. The van der Waals surface area contributed by atoms with Crippen molar-refractivity contribution < 1.29 is 18.3 Å². The van der Waals surface area contributed by atoms with E-state index in [9.17, 15) is 13.6 Å². The largest absolute Gasteiger partial charge is 0.383 e. The molecule has 11 heteroatoms. The van der Waals surface area contributed by atoms with E-state index in [0.717, 1.165) is 11.6 Å². The SMILES string of the molecule is COCCN1C[C@@H](NC(=O)Nc2cc(-c3cnn(C)c3)nn2C)[C@H](c2ccc(F)c(F)c2)C1. The Labute approximate surface area is 190 Å². The molecule has 3 aromatic rings. The fourth-order valence-corrected chi connectivity index (χ4v) is 4.11. The van der Waals surface area contributed by atoms with Crippen LogP contribution >= 0.6 is 0 Å². The van der Waals surface area contributed by atoms with E-state index in [1.807, 2.05) is 13.2 Å². The first-order chi connectivity index (χ1) is 15.8. The third-order valence-corrected chi connectivity index (χ3v) is 5.82. The highest BCUT2D eigenvalue weighted by Crippen LogP contribution is 2.29. The Bertz CT molecular complexity index is 1130. The Morgan fingerprint density at radius 3 is 2.73 bits per heavy atom. The van der Waals surface area contributed by atoms with Gasteiger partial charge in [-0.05, 0) is 17.7 Å². The van der Waals surface area contributed by atoms with E-state index in [1.165, 1.54) is 6.07 Å². The van der Waals surface area contributed by atoms with Crippen LogP contribution in [0.5, 0.6) is 0 Å². The van der Waals surface area contributed by atoms with Crippen LogP contribution in [-0.4, -0.2) is 69.9 Å². The Kier molecular flexibility index (Phi) is 6.70. The zero-order valence-corrected chi connectivity index (χ0v) is 18.8. The van der Waals surface area contributed by atoms with Crippen molar-refractivity contribution in [3.05, 3.63) is 53.9 Å². The molecule has 0 aliphatic carbocycles. The van der Waals surface area contributed by atoms with Gasteiger partial charge in [-0.1, -0.05) is 6.07 Å². The quantitative estimate of drug-likeness (QED) is 0.566. The number of amides is 2. The summed E-state index contributed by atoms with van der Waals surface area (Å²) in [7, 11) is 5.18. The molecule has 0 saturated carbocycles. The number of nitrogens with zero attached hydrogens (tertiary/aromatic N) is 5. The zero-order valence-electron chi connectivity index (χ0n) is 18.8. The Morgan fingerprint density at radius 1 is 1.21 bits per heavy atom. The molecule has 2 atom stereocenters. The maximum absolute atomic E-state index is 13.9. The molecule has 4 rings (SSSR count). The number of methoxy groups -OCH3 is 1. The van der Waals surface area contributed by atoms with Crippen molar-refractivity contribution in [2.24, 2.45) is 14.1 Å². The summed E-state index contributed by atoms with van der Waals surface area (Å²) in [5.74, 6) is -1.47. The molecule has 1 aliphatic heterocycles. The van der Waals surface area contributed by atoms with Gasteiger partial charge >= 0.3 is 6.03 Å².